The molecule has 16 heavy (non-hydrogen) atoms. The minimum absolute atomic E-state index is 0.210. The van der Waals surface area contributed by atoms with Crippen LogP contribution < -0.4 is 10.6 Å². The Hall–Kier alpha value is -1.58. The molecule has 0 amide bonds. The fourth-order valence-electron chi connectivity index (χ4n) is 2.19. The molecule has 0 aromatic carbocycles. The van der Waals surface area contributed by atoms with Gasteiger partial charge in [0, 0.05) is 36.6 Å². The summed E-state index contributed by atoms with van der Waals surface area (Å²) >= 11 is 0. The first kappa shape index (κ1) is 10.9. The van der Waals surface area contributed by atoms with Crippen LogP contribution in [-0.2, 0) is 0 Å². The van der Waals surface area contributed by atoms with Crippen LogP contribution in [0.5, 0.6) is 0 Å². The van der Waals surface area contributed by atoms with Crippen LogP contribution in [0.3, 0.4) is 0 Å². The van der Waals surface area contributed by atoms with Crippen molar-refractivity contribution in [1.82, 2.24) is 4.98 Å². The highest BCUT2D eigenvalue weighted by Gasteiger charge is 2.22. The summed E-state index contributed by atoms with van der Waals surface area (Å²) in [6.45, 7) is 3.90. The summed E-state index contributed by atoms with van der Waals surface area (Å²) in [6, 6.07) is 4.11. The SMILES string of the molecule is Cc1cc(N2CCCC(C(=N)N)C2)ccn1. The maximum Gasteiger partial charge on any atom is 0.0954 e. The minimum Gasteiger partial charge on any atom is -0.387 e. The first-order valence-corrected chi connectivity index (χ1v) is 5.68. The van der Waals surface area contributed by atoms with Crippen molar-refractivity contribution in [2.45, 2.75) is 19.8 Å². The monoisotopic (exact) mass is 218 g/mol. The number of nitrogens with two attached hydrogens (primary N) is 1. The van der Waals surface area contributed by atoms with E-state index in [-0.39, 0.29) is 5.92 Å². The Bertz CT molecular complexity index is 388. The van der Waals surface area contributed by atoms with Crippen LogP contribution in [0.25, 0.3) is 0 Å². The fraction of sp³-hybridized carbons (Fsp3) is 0.500. The first-order chi connectivity index (χ1) is 7.66. The van der Waals surface area contributed by atoms with Crippen LogP contribution in [0.15, 0.2) is 18.3 Å². The molecule has 1 atom stereocenters. The van der Waals surface area contributed by atoms with Gasteiger partial charge in [0.15, 0.2) is 0 Å². The molecule has 3 N–H and O–H groups in total. The maximum atomic E-state index is 7.52. The van der Waals surface area contributed by atoms with Crippen molar-refractivity contribution in [2.24, 2.45) is 11.7 Å². The lowest BCUT2D eigenvalue weighted by atomic mass is 9.96. The van der Waals surface area contributed by atoms with E-state index in [2.05, 4.69) is 16.0 Å². The molecule has 0 saturated carbocycles. The Morgan fingerprint density at radius 2 is 2.44 bits per heavy atom. The summed E-state index contributed by atoms with van der Waals surface area (Å²) in [4.78, 5) is 6.49. The van der Waals surface area contributed by atoms with Crippen molar-refractivity contribution in [3.05, 3.63) is 24.0 Å². The van der Waals surface area contributed by atoms with Crippen molar-refractivity contribution in [2.75, 3.05) is 18.0 Å². The number of anilines is 1. The Labute approximate surface area is 96.0 Å². The lowest BCUT2D eigenvalue weighted by molar-refractivity contribution is 0.503. The summed E-state index contributed by atoms with van der Waals surface area (Å²) in [5.74, 6) is 0.526. The zero-order valence-electron chi connectivity index (χ0n) is 9.61. The molecule has 4 heteroatoms. The van der Waals surface area contributed by atoms with E-state index in [1.807, 2.05) is 19.2 Å². The van der Waals surface area contributed by atoms with Crippen LogP contribution in [0.4, 0.5) is 5.69 Å². The van der Waals surface area contributed by atoms with Gasteiger partial charge in [-0.1, -0.05) is 0 Å². The van der Waals surface area contributed by atoms with E-state index in [1.54, 1.807) is 0 Å². The Morgan fingerprint density at radius 3 is 3.12 bits per heavy atom. The van der Waals surface area contributed by atoms with Crippen molar-refractivity contribution < 1.29 is 0 Å². The van der Waals surface area contributed by atoms with E-state index in [1.165, 1.54) is 5.69 Å². The third-order valence-corrected chi connectivity index (χ3v) is 3.11. The van der Waals surface area contributed by atoms with E-state index in [9.17, 15) is 0 Å². The van der Waals surface area contributed by atoms with Gasteiger partial charge in [-0.2, -0.15) is 0 Å². The number of nitrogens with one attached hydrogen (secondary N) is 1. The third kappa shape index (κ3) is 2.32. The van der Waals surface area contributed by atoms with Crippen molar-refractivity contribution >= 4 is 11.5 Å². The summed E-state index contributed by atoms with van der Waals surface area (Å²) < 4.78 is 0. The Kier molecular flexibility index (Phi) is 3.08. The van der Waals surface area contributed by atoms with E-state index in [4.69, 9.17) is 11.1 Å². The molecule has 1 aliphatic heterocycles. The molecule has 2 heterocycles. The molecule has 4 nitrogen and oxygen atoms in total. The number of hydrogen-bond acceptors (Lipinski definition) is 3. The minimum atomic E-state index is 0.210. The topological polar surface area (TPSA) is 66.0 Å². The van der Waals surface area contributed by atoms with Crippen LogP contribution in [0.1, 0.15) is 18.5 Å². The van der Waals surface area contributed by atoms with Crippen LogP contribution in [0, 0.1) is 18.3 Å². The molecule has 2 rings (SSSR count). The lowest BCUT2D eigenvalue weighted by Gasteiger charge is -2.33. The summed E-state index contributed by atoms with van der Waals surface area (Å²) in [5, 5.41) is 7.52. The van der Waals surface area contributed by atoms with Gasteiger partial charge < -0.3 is 10.6 Å². The predicted molar refractivity (Wildman–Crippen MR) is 65.8 cm³/mol. The summed E-state index contributed by atoms with van der Waals surface area (Å²) in [7, 11) is 0. The highest BCUT2D eigenvalue weighted by molar-refractivity contribution is 5.80. The van der Waals surface area contributed by atoms with Crippen molar-refractivity contribution in [3.63, 3.8) is 0 Å². The normalized spacial score (nSPS) is 20.8. The highest BCUT2D eigenvalue weighted by Crippen LogP contribution is 2.22. The molecule has 0 spiro atoms. The van der Waals surface area contributed by atoms with Gasteiger partial charge in [-0.25, -0.2) is 0 Å². The number of piperidine rings is 1. The van der Waals surface area contributed by atoms with E-state index < -0.39 is 0 Å². The molecule has 1 aliphatic rings. The summed E-state index contributed by atoms with van der Waals surface area (Å²) in [6.07, 6.45) is 3.98. The standard InChI is InChI=1S/C12H18N4/c1-9-7-11(4-5-15-9)16-6-2-3-10(8-16)12(13)14/h4-5,7,10H,2-3,6,8H2,1H3,(H3,13,14). The Balaban J connectivity index is 2.12. The molecule has 1 unspecified atom stereocenters. The number of hydrogen-bond donors (Lipinski definition) is 2. The van der Waals surface area contributed by atoms with Crippen molar-refractivity contribution in [3.8, 4) is 0 Å². The fourth-order valence-corrected chi connectivity index (χ4v) is 2.19. The van der Waals surface area contributed by atoms with Gasteiger partial charge in [-0.15, -0.1) is 0 Å². The van der Waals surface area contributed by atoms with Gasteiger partial charge in [-0.05, 0) is 31.9 Å². The van der Waals surface area contributed by atoms with E-state index in [0.717, 1.165) is 31.6 Å². The van der Waals surface area contributed by atoms with Gasteiger partial charge in [0.25, 0.3) is 0 Å². The average molecular weight is 218 g/mol. The second-order valence-electron chi connectivity index (χ2n) is 4.40. The molecule has 0 radical (unpaired) electrons. The maximum absolute atomic E-state index is 7.52. The number of aromatic nitrogens is 1. The quantitative estimate of drug-likeness (QED) is 0.584. The van der Waals surface area contributed by atoms with Crippen LogP contribution in [-0.4, -0.2) is 23.9 Å². The second kappa shape index (κ2) is 4.51. The first-order valence-electron chi connectivity index (χ1n) is 5.68. The zero-order valence-corrected chi connectivity index (χ0v) is 9.61. The molecular weight excluding hydrogens is 200 g/mol. The van der Waals surface area contributed by atoms with Gasteiger partial charge in [0.2, 0.25) is 0 Å². The lowest BCUT2D eigenvalue weighted by Crippen LogP contribution is -2.40. The Morgan fingerprint density at radius 1 is 1.62 bits per heavy atom. The molecule has 1 aromatic heterocycles. The van der Waals surface area contributed by atoms with Crippen LogP contribution in [0.2, 0.25) is 0 Å². The molecule has 1 fully saturated rings. The number of amidine groups is 1. The average Bonchev–Trinajstić information content (AvgIpc) is 2.29. The number of rotatable bonds is 2. The molecule has 1 aromatic rings. The van der Waals surface area contributed by atoms with Gasteiger partial charge in [0.05, 0.1) is 5.84 Å². The number of nitrogens with zero attached hydrogens (tertiary/aromatic N) is 2. The number of pyridine rings is 1. The van der Waals surface area contributed by atoms with E-state index >= 15 is 0 Å². The zero-order chi connectivity index (χ0) is 11.5. The second-order valence-corrected chi connectivity index (χ2v) is 4.40. The molecule has 1 saturated heterocycles. The summed E-state index contributed by atoms with van der Waals surface area (Å²) in [5.41, 5.74) is 7.80. The predicted octanol–water partition coefficient (Wildman–Crippen LogP) is 1.54. The number of aryl methyl sites for hydroxylation is 1. The van der Waals surface area contributed by atoms with Gasteiger partial charge in [-0.3, -0.25) is 10.4 Å². The highest BCUT2D eigenvalue weighted by atomic mass is 15.1. The van der Waals surface area contributed by atoms with Gasteiger partial charge >= 0.3 is 0 Å². The molecular formula is C12H18N4. The van der Waals surface area contributed by atoms with E-state index in [0.29, 0.717) is 5.84 Å². The molecule has 0 bridgehead atoms. The van der Waals surface area contributed by atoms with Crippen molar-refractivity contribution in [1.29, 1.82) is 5.41 Å². The van der Waals surface area contributed by atoms with Gasteiger partial charge in [0.1, 0.15) is 0 Å². The molecule has 0 aliphatic carbocycles. The third-order valence-electron chi connectivity index (χ3n) is 3.11. The van der Waals surface area contributed by atoms with Crippen LogP contribution >= 0.6 is 0 Å². The largest absolute Gasteiger partial charge is 0.387 e. The smallest absolute Gasteiger partial charge is 0.0954 e. The molecule has 86 valence electrons.